The van der Waals surface area contributed by atoms with Crippen LogP contribution in [0, 0.1) is 0 Å². The second-order valence-corrected chi connectivity index (χ2v) is 8.53. The zero-order chi connectivity index (χ0) is 22.3. The molecule has 1 aliphatic heterocycles. The lowest BCUT2D eigenvalue weighted by atomic mass is 9.86. The van der Waals surface area contributed by atoms with Crippen LogP contribution in [0.15, 0.2) is 53.6 Å². The molecule has 4 nitrogen and oxygen atoms in total. The number of benzene rings is 2. The molecular weight excluding hydrogens is 393 g/mol. The molecule has 160 valence electrons. The molecule has 2 aromatic rings. The molecule has 0 bridgehead atoms. The fraction of sp³-hybridized carbons (Fsp3) is 0.391. The molecule has 0 fully saturated rings. The van der Waals surface area contributed by atoms with Gasteiger partial charge in [-0.05, 0) is 40.7 Å². The number of halogens is 3. The second kappa shape index (κ2) is 7.54. The van der Waals surface area contributed by atoms with Crippen molar-refractivity contribution in [1.82, 2.24) is 5.01 Å². The third kappa shape index (κ3) is 3.99. The minimum absolute atomic E-state index is 0.0112. The van der Waals surface area contributed by atoms with E-state index >= 15 is 0 Å². The van der Waals surface area contributed by atoms with E-state index in [0.29, 0.717) is 5.56 Å². The van der Waals surface area contributed by atoms with Gasteiger partial charge in [0.2, 0.25) is 0 Å². The summed E-state index contributed by atoms with van der Waals surface area (Å²) in [7, 11) is 0. The first-order valence-electron chi connectivity index (χ1n) is 9.78. The van der Waals surface area contributed by atoms with Crippen molar-refractivity contribution < 1.29 is 23.1 Å². The van der Waals surface area contributed by atoms with Crippen LogP contribution in [0.5, 0.6) is 0 Å². The summed E-state index contributed by atoms with van der Waals surface area (Å²) in [6.45, 7) is 7.95. The maximum absolute atomic E-state index is 13.8. The monoisotopic (exact) mass is 418 g/mol. The number of carbonyl (C=O) groups is 1. The molecule has 1 N–H and O–H groups in total. The molecule has 0 aliphatic carbocycles. The summed E-state index contributed by atoms with van der Waals surface area (Å²) >= 11 is 0. The molecule has 1 atom stereocenters. The van der Waals surface area contributed by atoms with Gasteiger partial charge in [-0.2, -0.15) is 23.3 Å². The van der Waals surface area contributed by atoms with Gasteiger partial charge >= 0.3 is 6.18 Å². The highest BCUT2D eigenvalue weighted by Crippen LogP contribution is 2.42. The minimum Gasteiger partial charge on any atom is -0.362 e. The topological polar surface area (TPSA) is 52.9 Å². The van der Waals surface area contributed by atoms with Gasteiger partial charge in [-0.25, -0.2) is 0 Å². The van der Waals surface area contributed by atoms with Crippen LogP contribution in [0.25, 0.3) is 0 Å². The van der Waals surface area contributed by atoms with Crippen molar-refractivity contribution in [3.8, 4) is 0 Å². The van der Waals surface area contributed by atoms with Gasteiger partial charge in [0.15, 0.2) is 0 Å². The number of hydrazone groups is 1. The summed E-state index contributed by atoms with van der Waals surface area (Å²) in [5, 5.41) is 14.6. The average Bonchev–Trinajstić information content (AvgIpc) is 3.06. The van der Waals surface area contributed by atoms with E-state index < -0.39 is 24.2 Å². The van der Waals surface area contributed by atoms with Crippen molar-refractivity contribution in [2.75, 3.05) is 0 Å². The Morgan fingerprint density at radius 2 is 1.63 bits per heavy atom. The van der Waals surface area contributed by atoms with Crippen LogP contribution in [0.2, 0.25) is 0 Å². The van der Waals surface area contributed by atoms with E-state index in [1.54, 1.807) is 36.4 Å². The molecular formula is C23H25F3N2O2. The Morgan fingerprint density at radius 3 is 2.10 bits per heavy atom. The van der Waals surface area contributed by atoms with Gasteiger partial charge < -0.3 is 5.11 Å². The van der Waals surface area contributed by atoms with Crippen LogP contribution in [-0.2, 0) is 11.8 Å². The summed E-state index contributed by atoms with van der Waals surface area (Å²) in [5.41, 5.74) is -1.13. The standard InChI is InChI=1S/C23H25F3N2O2/c1-5-15-6-8-16(9-7-15)19-14-22(30,23(24,25)26)28(27-19)20(29)17-10-12-18(13-11-17)21(2,3)4/h6-13,30H,5,14H2,1-4H3/t22-/m1/s1. The van der Waals surface area contributed by atoms with E-state index in [-0.39, 0.29) is 21.7 Å². The van der Waals surface area contributed by atoms with Gasteiger partial charge in [-0.15, -0.1) is 0 Å². The number of nitrogens with zero attached hydrogens (tertiary/aromatic N) is 2. The number of aliphatic hydroxyl groups is 1. The number of hydrogen-bond donors (Lipinski definition) is 1. The lowest BCUT2D eigenvalue weighted by Crippen LogP contribution is -2.56. The summed E-state index contributed by atoms with van der Waals surface area (Å²) in [4.78, 5) is 12.9. The summed E-state index contributed by atoms with van der Waals surface area (Å²) in [6.07, 6.45) is -5.11. The number of rotatable bonds is 3. The van der Waals surface area contributed by atoms with E-state index in [0.717, 1.165) is 17.5 Å². The van der Waals surface area contributed by atoms with E-state index in [2.05, 4.69) is 5.10 Å². The van der Waals surface area contributed by atoms with Crippen molar-refractivity contribution in [3.63, 3.8) is 0 Å². The van der Waals surface area contributed by atoms with Crippen molar-refractivity contribution in [3.05, 3.63) is 70.8 Å². The SMILES string of the molecule is CCc1ccc(C2=NN(C(=O)c3ccc(C(C)(C)C)cc3)[C@](O)(C(F)(F)F)C2)cc1. The Labute approximate surface area is 174 Å². The Balaban J connectivity index is 1.99. The van der Waals surface area contributed by atoms with E-state index in [1.807, 2.05) is 27.7 Å². The van der Waals surface area contributed by atoms with Crippen molar-refractivity contribution in [1.29, 1.82) is 0 Å². The Hall–Kier alpha value is -2.67. The first kappa shape index (κ1) is 22.0. The first-order valence-corrected chi connectivity index (χ1v) is 9.78. The maximum Gasteiger partial charge on any atom is 0.438 e. The quantitative estimate of drug-likeness (QED) is 0.759. The summed E-state index contributed by atoms with van der Waals surface area (Å²) in [5.74, 6) is -1.00. The number of carbonyl (C=O) groups excluding carboxylic acids is 1. The predicted molar refractivity (Wildman–Crippen MR) is 109 cm³/mol. The van der Waals surface area contributed by atoms with Crippen LogP contribution in [0.3, 0.4) is 0 Å². The highest BCUT2D eigenvalue weighted by Gasteiger charge is 2.63. The van der Waals surface area contributed by atoms with Crippen molar-refractivity contribution >= 4 is 11.6 Å². The van der Waals surface area contributed by atoms with Gasteiger partial charge in [0.1, 0.15) is 0 Å². The van der Waals surface area contributed by atoms with Gasteiger partial charge in [0.05, 0.1) is 12.1 Å². The molecule has 0 unspecified atom stereocenters. The third-order valence-corrected chi connectivity index (χ3v) is 5.32. The smallest absolute Gasteiger partial charge is 0.362 e. The second-order valence-electron chi connectivity index (χ2n) is 8.53. The van der Waals surface area contributed by atoms with Gasteiger partial charge in [0.25, 0.3) is 11.6 Å². The Bertz CT molecular complexity index is 958. The van der Waals surface area contributed by atoms with Gasteiger partial charge in [-0.1, -0.05) is 64.1 Å². The number of alkyl halides is 3. The number of aryl methyl sites for hydroxylation is 1. The average molecular weight is 418 g/mol. The fourth-order valence-corrected chi connectivity index (χ4v) is 3.31. The summed E-state index contributed by atoms with van der Waals surface area (Å²) in [6, 6.07) is 13.2. The van der Waals surface area contributed by atoms with Crippen molar-refractivity contribution in [2.24, 2.45) is 5.10 Å². The van der Waals surface area contributed by atoms with Crippen LogP contribution in [0.1, 0.15) is 61.2 Å². The predicted octanol–water partition coefficient (Wildman–Crippen LogP) is 5.05. The largest absolute Gasteiger partial charge is 0.438 e. The van der Waals surface area contributed by atoms with Gasteiger partial charge in [0, 0.05) is 5.56 Å². The zero-order valence-corrected chi connectivity index (χ0v) is 17.4. The first-order chi connectivity index (χ1) is 13.9. The molecule has 0 saturated heterocycles. The molecule has 0 spiro atoms. The normalized spacial score (nSPS) is 19.7. The molecule has 7 heteroatoms. The molecule has 0 aromatic heterocycles. The fourth-order valence-electron chi connectivity index (χ4n) is 3.31. The van der Waals surface area contributed by atoms with Crippen LogP contribution in [0.4, 0.5) is 13.2 Å². The molecule has 0 radical (unpaired) electrons. The highest BCUT2D eigenvalue weighted by molar-refractivity contribution is 6.05. The summed E-state index contributed by atoms with van der Waals surface area (Å²) < 4.78 is 41.3. The van der Waals surface area contributed by atoms with E-state index in [9.17, 15) is 23.1 Å². The molecule has 2 aromatic carbocycles. The number of hydrogen-bond acceptors (Lipinski definition) is 3. The molecule has 1 amide bonds. The molecule has 1 aliphatic rings. The number of amides is 1. The van der Waals surface area contributed by atoms with E-state index in [4.69, 9.17) is 0 Å². The Morgan fingerprint density at radius 1 is 1.07 bits per heavy atom. The molecule has 3 rings (SSSR count). The minimum atomic E-state index is -5.07. The Kier molecular flexibility index (Phi) is 5.54. The van der Waals surface area contributed by atoms with E-state index in [1.165, 1.54) is 12.1 Å². The zero-order valence-electron chi connectivity index (χ0n) is 17.4. The van der Waals surface area contributed by atoms with Crippen molar-refractivity contribution in [2.45, 2.75) is 57.9 Å². The van der Waals surface area contributed by atoms with Crippen LogP contribution < -0.4 is 0 Å². The van der Waals surface area contributed by atoms with Crippen LogP contribution in [-0.4, -0.2) is 33.6 Å². The molecule has 1 heterocycles. The lowest BCUT2D eigenvalue weighted by molar-refractivity contribution is -0.297. The molecule has 0 saturated carbocycles. The maximum atomic E-state index is 13.8. The van der Waals surface area contributed by atoms with Crippen LogP contribution >= 0.6 is 0 Å². The highest BCUT2D eigenvalue weighted by atomic mass is 19.4. The lowest BCUT2D eigenvalue weighted by Gasteiger charge is -2.32. The molecule has 30 heavy (non-hydrogen) atoms. The third-order valence-electron chi connectivity index (χ3n) is 5.32. The van der Waals surface area contributed by atoms with Gasteiger partial charge in [-0.3, -0.25) is 4.79 Å².